The summed E-state index contributed by atoms with van der Waals surface area (Å²) in [6.07, 6.45) is 0. The number of hydrogen-bond acceptors (Lipinski definition) is 4. The van der Waals surface area contributed by atoms with Crippen molar-refractivity contribution >= 4 is 22.7 Å². The summed E-state index contributed by atoms with van der Waals surface area (Å²) in [5.74, 6) is 0.460. The third-order valence-corrected chi connectivity index (χ3v) is 5.53. The first-order chi connectivity index (χ1) is 11.0. The second-order valence-electron chi connectivity index (χ2n) is 5.77. The summed E-state index contributed by atoms with van der Waals surface area (Å²) >= 11 is 1.64. The summed E-state index contributed by atoms with van der Waals surface area (Å²) in [5.41, 5.74) is 5.61. The van der Waals surface area contributed by atoms with Crippen molar-refractivity contribution in [3.8, 4) is 0 Å². The van der Waals surface area contributed by atoms with Gasteiger partial charge in [0.05, 0.1) is 11.3 Å². The van der Waals surface area contributed by atoms with Gasteiger partial charge in [-0.15, -0.1) is 16.9 Å². The van der Waals surface area contributed by atoms with Crippen LogP contribution < -0.4 is 5.56 Å². The average molecular weight is 325 g/mol. The number of aryl methyl sites for hydroxylation is 2. The topological polar surface area (TPSA) is 47.8 Å². The van der Waals surface area contributed by atoms with Gasteiger partial charge >= 0.3 is 0 Å². The van der Waals surface area contributed by atoms with Gasteiger partial charge in [-0.2, -0.15) is 0 Å². The zero-order valence-electron chi connectivity index (χ0n) is 13.8. The van der Waals surface area contributed by atoms with E-state index in [9.17, 15) is 4.79 Å². The molecule has 0 saturated carbocycles. The highest BCUT2D eigenvalue weighted by Crippen LogP contribution is 2.31. The Bertz CT molecular complexity index is 921. The lowest BCUT2D eigenvalue weighted by Gasteiger charge is -2.14. The summed E-state index contributed by atoms with van der Waals surface area (Å²) in [4.78, 5) is 13.7. The Hall–Kier alpha value is -2.14. The molecular weight excluding hydrogens is 306 g/mol. The fourth-order valence-electron chi connectivity index (χ4n) is 2.63. The lowest BCUT2D eigenvalue weighted by Crippen LogP contribution is -2.23. The molecule has 3 aromatic rings. The summed E-state index contributed by atoms with van der Waals surface area (Å²) in [6, 6.07) is 9.51. The minimum Gasteiger partial charge on any atom is -0.267 e. The lowest BCUT2D eigenvalue weighted by molar-refractivity contribution is 0.645. The van der Waals surface area contributed by atoms with Crippen LogP contribution in [0.2, 0.25) is 0 Å². The number of thioether (sulfide) groups is 1. The zero-order valence-corrected chi connectivity index (χ0v) is 14.6. The second kappa shape index (κ2) is 6.16. The van der Waals surface area contributed by atoms with Crippen LogP contribution in [0.4, 0.5) is 0 Å². The molecule has 1 heterocycles. The maximum absolute atomic E-state index is 12.5. The standard InChI is InChI=1S/C18H19N3OS/c1-11-9-12(2)14(4)17(13(11)3)23-10-21-18(22)15-7-5-6-8-16(15)19-20-21/h5-9H,10H2,1-4H3. The van der Waals surface area contributed by atoms with E-state index in [1.54, 1.807) is 23.9 Å². The van der Waals surface area contributed by atoms with Crippen molar-refractivity contribution in [2.45, 2.75) is 38.5 Å². The predicted molar refractivity (Wildman–Crippen MR) is 95.0 cm³/mol. The minimum absolute atomic E-state index is 0.0946. The Kier molecular flexibility index (Phi) is 4.22. The van der Waals surface area contributed by atoms with Crippen LogP contribution in [0.25, 0.3) is 10.9 Å². The average Bonchev–Trinajstić information content (AvgIpc) is 2.55. The molecule has 118 valence electrons. The van der Waals surface area contributed by atoms with Crippen LogP contribution in [0, 0.1) is 27.7 Å². The second-order valence-corrected chi connectivity index (χ2v) is 6.73. The molecule has 0 atom stereocenters. The van der Waals surface area contributed by atoms with Gasteiger partial charge < -0.3 is 0 Å². The Morgan fingerprint density at radius 3 is 2.39 bits per heavy atom. The molecule has 1 aromatic heterocycles. The number of fused-ring (bicyclic) bond motifs is 1. The molecule has 0 aliphatic heterocycles. The smallest absolute Gasteiger partial charge is 0.267 e. The van der Waals surface area contributed by atoms with E-state index in [1.807, 2.05) is 12.1 Å². The van der Waals surface area contributed by atoms with Gasteiger partial charge in [-0.3, -0.25) is 4.79 Å². The van der Waals surface area contributed by atoms with Gasteiger partial charge in [0, 0.05) is 4.90 Å². The summed E-state index contributed by atoms with van der Waals surface area (Å²) in [5, 5.41) is 8.80. The first-order valence-electron chi connectivity index (χ1n) is 7.52. The normalized spacial score (nSPS) is 11.1. The largest absolute Gasteiger partial charge is 0.278 e. The maximum atomic E-state index is 12.5. The van der Waals surface area contributed by atoms with E-state index in [0.29, 0.717) is 16.8 Å². The van der Waals surface area contributed by atoms with Crippen molar-refractivity contribution < 1.29 is 0 Å². The van der Waals surface area contributed by atoms with Gasteiger partial charge in [0.1, 0.15) is 5.52 Å². The van der Waals surface area contributed by atoms with Crippen LogP contribution in [-0.2, 0) is 5.88 Å². The van der Waals surface area contributed by atoms with Gasteiger partial charge in [-0.25, -0.2) is 4.68 Å². The van der Waals surface area contributed by atoms with E-state index in [-0.39, 0.29) is 5.56 Å². The molecule has 0 bridgehead atoms. The van der Waals surface area contributed by atoms with Crippen molar-refractivity contribution in [1.29, 1.82) is 0 Å². The number of hydrogen-bond donors (Lipinski definition) is 0. The number of nitrogens with zero attached hydrogens (tertiary/aromatic N) is 3. The first-order valence-corrected chi connectivity index (χ1v) is 8.50. The molecular formula is C18H19N3OS. The molecule has 2 aromatic carbocycles. The molecule has 23 heavy (non-hydrogen) atoms. The lowest BCUT2D eigenvalue weighted by atomic mass is 10.0. The Labute approximate surface area is 139 Å². The molecule has 0 spiro atoms. The highest BCUT2D eigenvalue weighted by molar-refractivity contribution is 7.98. The quantitative estimate of drug-likeness (QED) is 0.688. The van der Waals surface area contributed by atoms with Crippen molar-refractivity contribution in [3.63, 3.8) is 0 Å². The highest BCUT2D eigenvalue weighted by Gasteiger charge is 2.11. The zero-order chi connectivity index (χ0) is 16.6. The van der Waals surface area contributed by atoms with Crippen molar-refractivity contribution in [2.75, 3.05) is 0 Å². The highest BCUT2D eigenvalue weighted by atomic mass is 32.2. The van der Waals surface area contributed by atoms with E-state index in [2.05, 4.69) is 44.1 Å². The van der Waals surface area contributed by atoms with E-state index < -0.39 is 0 Å². The molecule has 0 N–H and O–H groups in total. The van der Waals surface area contributed by atoms with Crippen molar-refractivity contribution in [2.24, 2.45) is 0 Å². The molecule has 4 nitrogen and oxygen atoms in total. The molecule has 3 rings (SSSR count). The van der Waals surface area contributed by atoms with Crippen LogP contribution in [-0.4, -0.2) is 15.0 Å². The van der Waals surface area contributed by atoms with E-state index in [4.69, 9.17) is 0 Å². The molecule has 0 aliphatic rings. The number of rotatable bonds is 3. The SMILES string of the molecule is Cc1cc(C)c(C)c(SCn2nnc3ccccc3c2=O)c1C. The van der Waals surface area contributed by atoms with Crippen LogP contribution >= 0.6 is 11.8 Å². The summed E-state index contributed by atoms with van der Waals surface area (Å²) < 4.78 is 1.43. The van der Waals surface area contributed by atoms with Crippen LogP contribution in [0.3, 0.4) is 0 Å². The Morgan fingerprint density at radius 1 is 1.04 bits per heavy atom. The van der Waals surface area contributed by atoms with Gasteiger partial charge in [0.15, 0.2) is 0 Å². The van der Waals surface area contributed by atoms with Crippen LogP contribution in [0.5, 0.6) is 0 Å². The molecule has 0 saturated heterocycles. The first kappa shape index (κ1) is 15.7. The maximum Gasteiger partial charge on any atom is 0.278 e. The van der Waals surface area contributed by atoms with Gasteiger partial charge in [0.2, 0.25) is 0 Å². The number of benzene rings is 2. The Morgan fingerprint density at radius 2 is 1.70 bits per heavy atom. The third kappa shape index (κ3) is 2.88. The third-order valence-electron chi connectivity index (χ3n) is 4.26. The predicted octanol–water partition coefficient (Wildman–Crippen LogP) is 3.77. The molecule has 0 radical (unpaired) electrons. The minimum atomic E-state index is -0.0946. The van der Waals surface area contributed by atoms with Crippen molar-refractivity contribution in [1.82, 2.24) is 15.0 Å². The van der Waals surface area contributed by atoms with E-state index >= 15 is 0 Å². The van der Waals surface area contributed by atoms with Gasteiger partial charge in [0.25, 0.3) is 5.56 Å². The summed E-state index contributed by atoms with van der Waals surface area (Å²) in [7, 11) is 0. The number of aromatic nitrogens is 3. The molecule has 0 fully saturated rings. The fraction of sp³-hybridized carbons (Fsp3) is 0.278. The summed E-state index contributed by atoms with van der Waals surface area (Å²) in [6.45, 7) is 8.49. The molecule has 0 amide bonds. The van der Waals surface area contributed by atoms with E-state index in [0.717, 1.165) is 0 Å². The van der Waals surface area contributed by atoms with E-state index in [1.165, 1.54) is 31.8 Å². The molecule has 5 heteroatoms. The van der Waals surface area contributed by atoms with Gasteiger partial charge in [-0.1, -0.05) is 23.4 Å². The fourth-order valence-corrected chi connectivity index (χ4v) is 3.81. The molecule has 0 unspecified atom stereocenters. The van der Waals surface area contributed by atoms with Crippen LogP contribution in [0.1, 0.15) is 22.3 Å². The Balaban J connectivity index is 1.96. The monoisotopic (exact) mass is 325 g/mol. The van der Waals surface area contributed by atoms with Crippen molar-refractivity contribution in [3.05, 3.63) is 62.9 Å². The van der Waals surface area contributed by atoms with Crippen LogP contribution in [0.15, 0.2) is 40.0 Å². The van der Waals surface area contributed by atoms with Gasteiger partial charge in [-0.05, 0) is 62.1 Å². The molecule has 0 aliphatic carbocycles.